The molecule has 3 rings (SSSR count). The van der Waals surface area contributed by atoms with Crippen LogP contribution >= 0.6 is 23.6 Å². The summed E-state index contributed by atoms with van der Waals surface area (Å²) in [6, 6.07) is 8.67. The van der Waals surface area contributed by atoms with Gasteiger partial charge in [0.1, 0.15) is 0 Å². The second-order valence-corrected chi connectivity index (χ2v) is 8.46. The van der Waals surface area contributed by atoms with Gasteiger partial charge in [-0.3, -0.25) is 0 Å². The Morgan fingerprint density at radius 3 is 2.96 bits per heavy atom. The molecule has 2 atom stereocenters. The van der Waals surface area contributed by atoms with Crippen LogP contribution in [0.15, 0.2) is 41.8 Å². The number of unbranched alkanes of at least 4 members (excludes halogenated alkanes) is 2. The molecule has 2 N–H and O–H groups in total. The number of aliphatic hydroxyl groups excluding tert-OH is 2. The van der Waals surface area contributed by atoms with E-state index >= 15 is 0 Å². The highest BCUT2D eigenvalue weighted by atomic mass is 32.1. The summed E-state index contributed by atoms with van der Waals surface area (Å²) in [4.78, 5) is 3.06. The lowest BCUT2D eigenvalue weighted by atomic mass is 10.0. The minimum Gasteiger partial charge on any atom is -0.396 e. The molecular formula is C23H27NO2S2. The summed E-state index contributed by atoms with van der Waals surface area (Å²) < 4.78 is 1.30. The lowest BCUT2D eigenvalue weighted by Crippen LogP contribution is -2.50. The Labute approximate surface area is 176 Å². The molecule has 0 spiro atoms. The Morgan fingerprint density at radius 1 is 1.29 bits per heavy atom. The van der Waals surface area contributed by atoms with Gasteiger partial charge in [-0.1, -0.05) is 48.5 Å². The van der Waals surface area contributed by atoms with E-state index in [1.807, 2.05) is 6.08 Å². The SMILES string of the molecule is OCCCCC#CCN1C(=S)C[C@@H]1/C=C/C(O)CCc1csc2ccccc12. The van der Waals surface area contributed by atoms with Crippen molar-refractivity contribution in [3.63, 3.8) is 0 Å². The molecule has 0 saturated carbocycles. The summed E-state index contributed by atoms with van der Waals surface area (Å²) in [5, 5.41) is 22.6. The first-order chi connectivity index (χ1) is 13.7. The monoisotopic (exact) mass is 413 g/mol. The van der Waals surface area contributed by atoms with E-state index in [9.17, 15) is 5.11 Å². The molecule has 3 nitrogen and oxygen atoms in total. The molecule has 1 fully saturated rings. The zero-order valence-corrected chi connectivity index (χ0v) is 17.6. The first-order valence-electron chi connectivity index (χ1n) is 9.86. The second-order valence-electron chi connectivity index (χ2n) is 7.08. The van der Waals surface area contributed by atoms with E-state index in [4.69, 9.17) is 17.3 Å². The summed E-state index contributed by atoms with van der Waals surface area (Å²) in [6.45, 7) is 0.875. The fourth-order valence-electron chi connectivity index (χ4n) is 3.29. The van der Waals surface area contributed by atoms with Crippen molar-refractivity contribution in [2.75, 3.05) is 13.2 Å². The van der Waals surface area contributed by atoms with Crippen LogP contribution in [0.3, 0.4) is 0 Å². The Balaban J connectivity index is 1.44. The third-order valence-corrected chi connectivity index (χ3v) is 6.43. The fourth-order valence-corrected chi connectivity index (χ4v) is 4.66. The topological polar surface area (TPSA) is 43.7 Å². The highest BCUT2D eigenvalue weighted by molar-refractivity contribution is 7.80. The number of thiophene rings is 1. The van der Waals surface area contributed by atoms with Crippen molar-refractivity contribution in [3.8, 4) is 11.8 Å². The van der Waals surface area contributed by atoms with Crippen molar-refractivity contribution in [1.82, 2.24) is 4.90 Å². The Hall–Kier alpha value is -1.71. The van der Waals surface area contributed by atoms with Gasteiger partial charge in [0.25, 0.3) is 0 Å². The molecule has 1 saturated heterocycles. The molecule has 0 radical (unpaired) electrons. The largest absolute Gasteiger partial charge is 0.396 e. The van der Waals surface area contributed by atoms with Gasteiger partial charge in [-0.15, -0.1) is 17.3 Å². The quantitative estimate of drug-likeness (QED) is 0.278. The first kappa shape index (κ1) is 21.0. The van der Waals surface area contributed by atoms with Gasteiger partial charge >= 0.3 is 0 Å². The molecule has 28 heavy (non-hydrogen) atoms. The lowest BCUT2D eigenvalue weighted by Gasteiger charge is -2.40. The summed E-state index contributed by atoms with van der Waals surface area (Å²) in [7, 11) is 0. The van der Waals surface area contributed by atoms with E-state index in [0.717, 1.165) is 43.5 Å². The number of hydrogen-bond donors (Lipinski definition) is 2. The van der Waals surface area contributed by atoms with E-state index in [2.05, 4.69) is 52.5 Å². The van der Waals surface area contributed by atoms with E-state index in [-0.39, 0.29) is 12.6 Å². The van der Waals surface area contributed by atoms with Crippen molar-refractivity contribution in [2.24, 2.45) is 0 Å². The molecule has 5 heteroatoms. The number of rotatable bonds is 9. The van der Waals surface area contributed by atoms with Crippen LogP contribution in [0, 0.1) is 11.8 Å². The van der Waals surface area contributed by atoms with Crippen LogP contribution in [0.5, 0.6) is 0 Å². The lowest BCUT2D eigenvalue weighted by molar-refractivity contribution is 0.211. The molecule has 0 bridgehead atoms. The molecule has 1 aliphatic heterocycles. The zero-order valence-electron chi connectivity index (χ0n) is 16.0. The fraction of sp³-hybridized carbons (Fsp3) is 0.435. The van der Waals surface area contributed by atoms with Crippen molar-refractivity contribution in [1.29, 1.82) is 0 Å². The van der Waals surface area contributed by atoms with Crippen molar-refractivity contribution in [2.45, 2.75) is 50.7 Å². The standard InChI is InChI=1S/C23H27NO2S2/c25-15-7-3-1-2-6-14-24-19(16-23(24)27)11-13-20(26)12-10-18-17-28-22-9-5-4-8-21(18)22/h4-5,8-9,11,13,17,19-20,25-26H,1,3,7,10,12,14-16H2/b13-11+/t19-,20?/m0/s1. The summed E-state index contributed by atoms with van der Waals surface area (Å²) in [6.07, 6.45) is 8.55. The number of hydrogen-bond acceptors (Lipinski definition) is 4. The number of aryl methyl sites for hydroxylation is 1. The average molecular weight is 414 g/mol. The van der Waals surface area contributed by atoms with Crippen LogP contribution in [-0.2, 0) is 6.42 Å². The molecular weight excluding hydrogens is 386 g/mol. The van der Waals surface area contributed by atoms with E-state index < -0.39 is 6.10 Å². The van der Waals surface area contributed by atoms with Crippen LogP contribution in [0.4, 0.5) is 0 Å². The van der Waals surface area contributed by atoms with Crippen LogP contribution < -0.4 is 0 Å². The van der Waals surface area contributed by atoms with Gasteiger partial charge < -0.3 is 15.1 Å². The number of benzene rings is 1. The van der Waals surface area contributed by atoms with Crippen LogP contribution in [0.2, 0.25) is 0 Å². The molecule has 1 aliphatic rings. The molecule has 0 amide bonds. The molecule has 1 unspecified atom stereocenters. The number of fused-ring (bicyclic) bond motifs is 1. The molecule has 148 valence electrons. The van der Waals surface area contributed by atoms with Crippen molar-refractivity contribution < 1.29 is 10.2 Å². The molecule has 2 heterocycles. The summed E-state index contributed by atoms with van der Waals surface area (Å²) in [5.74, 6) is 6.31. The molecule has 1 aromatic heterocycles. The van der Waals surface area contributed by atoms with E-state index in [1.54, 1.807) is 11.3 Å². The van der Waals surface area contributed by atoms with Crippen LogP contribution in [0.1, 0.15) is 37.7 Å². The maximum absolute atomic E-state index is 10.4. The summed E-state index contributed by atoms with van der Waals surface area (Å²) in [5.41, 5.74) is 1.32. The smallest absolute Gasteiger partial charge is 0.0816 e. The Bertz CT molecular complexity index is 877. The predicted molar refractivity (Wildman–Crippen MR) is 122 cm³/mol. The third-order valence-electron chi connectivity index (χ3n) is 5.01. The minimum absolute atomic E-state index is 0.232. The van der Waals surface area contributed by atoms with Crippen LogP contribution in [0.25, 0.3) is 10.1 Å². The maximum atomic E-state index is 10.4. The third kappa shape index (κ3) is 5.65. The van der Waals surface area contributed by atoms with Gasteiger partial charge in [0, 0.05) is 24.1 Å². The van der Waals surface area contributed by atoms with Gasteiger partial charge in [0.15, 0.2) is 0 Å². The molecule has 2 aromatic rings. The van der Waals surface area contributed by atoms with Crippen LogP contribution in [-0.4, -0.2) is 45.4 Å². The Morgan fingerprint density at radius 2 is 2.14 bits per heavy atom. The van der Waals surface area contributed by atoms with Crippen molar-refractivity contribution in [3.05, 3.63) is 47.4 Å². The van der Waals surface area contributed by atoms with E-state index in [0.29, 0.717) is 6.54 Å². The number of likely N-dealkylation sites (tertiary alicyclic amines) is 1. The summed E-state index contributed by atoms with van der Waals surface area (Å²) >= 11 is 7.13. The molecule has 1 aromatic carbocycles. The number of aliphatic hydroxyl groups is 2. The second kappa shape index (κ2) is 10.7. The Kier molecular flexibility index (Phi) is 8.05. The van der Waals surface area contributed by atoms with Gasteiger partial charge in [0.05, 0.1) is 23.7 Å². The van der Waals surface area contributed by atoms with Gasteiger partial charge in [-0.05, 0) is 48.1 Å². The van der Waals surface area contributed by atoms with Crippen molar-refractivity contribution >= 4 is 38.6 Å². The minimum atomic E-state index is -0.445. The normalized spacial score (nSPS) is 17.6. The maximum Gasteiger partial charge on any atom is 0.0816 e. The molecule has 0 aliphatic carbocycles. The first-order valence-corrected chi connectivity index (χ1v) is 11.2. The van der Waals surface area contributed by atoms with Gasteiger partial charge in [-0.2, -0.15) is 0 Å². The van der Waals surface area contributed by atoms with Gasteiger partial charge in [0.2, 0.25) is 0 Å². The van der Waals surface area contributed by atoms with Gasteiger partial charge in [-0.25, -0.2) is 0 Å². The number of thiocarbonyl (C=S) groups is 1. The zero-order chi connectivity index (χ0) is 19.8. The predicted octanol–water partition coefficient (Wildman–Crippen LogP) is 4.32. The average Bonchev–Trinajstić information content (AvgIpc) is 3.12. The highest BCUT2D eigenvalue weighted by Crippen LogP contribution is 2.27. The van der Waals surface area contributed by atoms with E-state index in [1.165, 1.54) is 15.6 Å². The highest BCUT2D eigenvalue weighted by Gasteiger charge is 2.29. The number of nitrogens with zero attached hydrogens (tertiary/aromatic N) is 1.